The summed E-state index contributed by atoms with van der Waals surface area (Å²) in [6.07, 6.45) is 5.80. The summed E-state index contributed by atoms with van der Waals surface area (Å²) in [5, 5.41) is 6.60. The average molecular weight is 436 g/mol. The molecule has 162 valence electrons. The molecule has 5 rings (SSSR count). The first kappa shape index (κ1) is 20.5. The van der Waals surface area contributed by atoms with Crippen LogP contribution in [0.15, 0.2) is 42.5 Å². The largest absolute Gasteiger partial charge is 0.493 e. The second kappa shape index (κ2) is 7.65. The van der Waals surface area contributed by atoms with E-state index in [1.807, 2.05) is 19.9 Å². The zero-order valence-corrected chi connectivity index (χ0v) is 19.2. The van der Waals surface area contributed by atoms with E-state index in [1.54, 1.807) is 0 Å². The zero-order chi connectivity index (χ0) is 21.6. The SMILES string of the molecule is CC1(C)Cc2ccc(NC3(/C=C4\CCCOc5cc(CP)ccc54)CO3)cc2NC1=O. The highest BCUT2D eigenvalue weighted by Gasteiger charge is 2.44. The maximum Gasteiger partial charge on any atom is 0.230 e. The molecule has 2 unspecified atom stereocenters. The van der Waals surface area contributed by atoms with E-state index in [9.17, 15) is 4.79 Å². The van der Waals surface area contributed by atoms with Crippen molar-refractivity contribution in [1.82, 2.24) is 0 Å². The Labute approximate surface area is 185 Å². The van der Waals surface area contributed by atoms with Crippen LogP contribution in [0.2, 0.25) is 0 Å². The Kier molecular flexibility index (Phi) is 5.07. The Morgan fingerprint density at radius 2 is 2.06 bits per heavy atom. The number of hydrogen-bond acceptors (Lipinski definition) is 4. The highest BCUT2D eigenvalue weighted by Crippen LogP contribution is 2.40. The van der Waals surface area contributed by atoms with Gasteiger partial charge in [-0.3, -0.25) is 4.79 Å². The third-order valence-corrected chi connectivity index (χ3v) is 6.77. The standard InChI is InChI=1S/C25H29N2O3P/c1-24(2)12-18-6-7-19(11-21(18)26-23(24)28)27-25(15-30-25)13-17-4-3-9-29-22-10-16(14-31)5-8-20(17)22/h5-8,10-11,13,27H,3-4,9,12,14-15,31H2,1-2H3,(H,26,28)/b17-13+. The lowest BCUT2D eigenvalue weighted by Crippen LogP contribution is -2.37. The van der Waals surface area contributed by atoms with Crippen molar-refractivity contribution in [2.75, 3.05) is 23.8 Å². The minimum Gasteiger partial charge on any atom is -0.493 e. The summed E-state index contributed by atoms with van der Waals surface area (Å²) in [6, 6.07) is 12.7. The fraction of sp³-hybridized carbons (Fsp3) is 0.400. The van der Waals surface area contributed by atoms with Crippen LogP contribution in [0.3, 0.4) is 0 Å². The molecule has 1 saturated heterocycles. The maximum absolute atomic E-state index is 12.4. The van der Waals surface area contributed by atoms with Gasteiger partial charge in [0.15, 0.2) is 5.72 Å². The molecule has 0 aliphatic carbocycles. The second-order valence-corrected chi connectivity index (χ2v) is 9.75. The molecule has 1 amide bonds. The second-order valence-electron chi connectivity index (χ2n) is 9.35. The van der Waals surface area contributed by atoms with Crippen molar-refractivity contribution in [1.29, 1.82) is 0 Å². The molecule has 3 aliphatic heterocycles. The monoisotopic (exact) mass is 436 g/mol. The molecule has 2 aromatic rings. The molecule has 3 aliphatic rings. The van der Waals surface area contributed by atoms with Crippen LogP contribution in [0.4, 0.5) is 11.4 Å². The van der Waals surface area contributed by atoms with E-state index in [4.69, 9.17) is 9.47 Å². The van der Waals surface area contributed by atoms with Crippen LogP contribution >= 0.6 is 9.24 Å². The van der Waals surface area contributed by atoms with Crippen molar-refractivity contribution in [3.8, 4) is 5.75 Å². The van der Waals surface area contributed by atoms with Gasteiger partial charge in [0.1, 0.15) is 12.4 Å². The fourth-order valence-corrected chi connectivity index (χ4v) is 4.63. The Bertz CT molecular complexity index is 1070. The summed E-state index contributed by atoms with van der Waals surface area (Å²) in [4.78, 5) is 12.4. The Morgan fingerprint density at radius 1 is 1.23 bits per heavy atom. The fourth-order valence-electron chi connectivity index (χ4n) is 4.38. The Balaban J connectivity index is 1.41. The molecule has 5 nitrogen and oxygen atoms in total. The maximum atomic E-state index is 12.4. The van der Waals surface area contributed by atoms with Crippen molar-refractivity contribution in [2.45, 2.75) is 45.0 Å². The summed E-state index contributed by atoms with van der Waals surface area (Å²) in [5.41, 5.74) is 5.75. The number of carbonyl (C=O) groups is 1. The summed E-state index contributed by atoms with van der Waals surface area (Å²) in [5.74, 6) is 1.02. The molecule has 2 aromatic carbocycles. The summed E-state index contributed by atoms with van der Waals surface area (Å²) in [6.45, 7) is 5.31. The summed E-state index contributed by atoms with van der Waals surface area (Å²) in [7, 11) is 2.77. The van der Waals surface area contributed by atoms with Crippen LogP contribution in [0, 0.1) is 5.41 Å². The first-order valence-electron chi connectivity index (χ1n) is 10.9. The van der Waals surface area contributed by atoms with Gasteiger partial charge in [0, 0.05) is 22.4 Å². The normalized spacial score (nSPS) is 25.0. The van der Waals surface area contributed by atoms with Crippen LogP contribution in [-0.4, -0.2) is 24.8 Å². The lowest BCUT2D eigenvalue weighted by atomic mass is 9.81. The predicted octanol–water partition coefficient (Wildman–Crippen LogP) is 4.98. The van der Waals surface area contributed by atoms with Gasteiger partial charge in [-0.2, -0.15) is 0 Å². The van der Waals surface area contributed by atoms with E-state index >= 15 is 0 Å². The van der Waals surface area contributed by atoms with Crippen molar-refractivity contribution in [3.63, 3.8) is 0 Å². The highest BCUT2D eigenvalue weighted by molar-refractivity contribution is 7.15. The van der Waals surface area contributed by atoms with Crippen molar-refractivity contribution in [2.24, 2.45) is 5.41 Å². The van der Waals surface area contributed by atoms with Crippen LogP contribution in [0.1, 0.15) is 43.4 Å². The molecule has 6 heteroatoms. The van der Waals surface area contributed by atoms with Gasteiger partial charge in [-0.05, 0) is 66.4 Å². The molecule has 2 N–H and O–H groups in total. The lowest BCUT2D eigenvalue weighted by Gasteiger charge is -2.31. The minimum atomic E-state index is -0.512. The number of epoxide rings is 1. The molecule has 2 atom stereocenters. The molecule has 31 heavy (non-hydrogen) atoms. The Morgan fingerprint density at radius 3 is 2.84 bits per heavy atom. The van der Waals surface area contributed by atoms with Gasteiger partial charge in [0.25, 0.3) is 0 Å². The van der Waals surface area contributed by atoms with E-state index in [-0.39, 0.29) is 11.3 Å². The quantitative estimate of drug-likeness (QED) is 0.524. The minimum absolute atomic E-state index is 0.0663. The van der Waals surface area contributed by atoms with Gasteiger partial charge >= 0.3 is 0 Å². The number of fused-ring (bicyclic) bond motifs is 2. The van der Waals surface area contributed by atoms with Gasteiger partial charge in [-0.25, -0.2) is 0 Å². The molecule has 0 radical (unpaired) electrons. The highest BCUT2D eigenvalue weighted by atomic mass is 31.0. The van der Waals surface area contributed by atoms with Gasteiger partial charge in [-0.1, -0.05) is 32.0 Å². The number of nitrogens with one attached hydrogen (secondary N) is 2. The van der Waals surface area contributed by atoms with Crippen molar-refractivity contribution >= 4 is 32.1 Å². The first-order valence-corrected chi connectivity index (χ1v) is 11.7. The van der Waals surface area contributed by atoms with E-state index < -0.39 is 5.72 Å². The molecule has 3 heterocycles. The molecule has 0 saturated carbocycles. The summed E-state index contributed by atoms with van der Waals surface area (Å²) < 4.78 is 11.9. The third-order valence-electron chi connectivity index (χ3n) is 6.30. The topological polar surface area (TPSA) is 62.9 Å². The van der Waals surface area contributed by atoms with Crippen LogP contribution in [0.5, 0.6) is 5.75 Å². The van der Waals surface area contributed by atoms with Gasteiger partial charge in [-0.15, -0.1) is 9.24 Å². The zero-order valence-electron chi connectivity index (χ0n) is 18.1. The van der Waals surface area contributed by atoms with Gasteiger partial charge < -0.3 is 20.1 Å². The van der Waals surface area contributed by atoms with E-state index in [2.05, 4.69) is 56.3 Å². The van der Waals surface area contributed by atoms with Crippen LogP contribution < -0.4 is 15.4 Å². The van der Waals surface area contributed by atoms with Crippen LogP contribution in [-0.2, 0) is 22.1 Å². The van der Waals surface area contributed by atoms with E-state index in [1.165, 1.54) is 16.7 Å². The molecule has 0 aromatic heterocycles. The number of rotatable bonds is 4. The van der Waals surface area contributed by atoms with Gasteiger partial charge in [0.2, 0.25) is 5.91 Å². The van der Waals surface area contributed by atoms with Crippen molar-refractivity contribution < 1.29 is 14.3 Å². The van der Waals surface area contributed by atoms with Gasteiger partial charge in [0.05, 0.1) is 6.61 Å². The lowest BCUT2D eigenvalue weighted by molar-refractivity contribution is -0.124. The average Bonchev–Trinajstić information content (AvgIpc) is 3.52. The molecular formula is C25H29N2O3P. The number of carbonyl (C=O) groups excluding carboxylic acids is 1. The molecule has 0 bridgehead atoms. The third kappa shape index (κ3) is 4.09. The predicted molar refractivity (Wildman–Crippen MR) is 127 cm³/mol. The number of benzene rings is 2. The van der Waals surface area contributed by atoms with E-state index in [0.29, 0.717) is 6.61 Å². The number of anilines is 2. The molecular weight excluding hydrogens is 407 g/mol. The first-order chi connectivity index (χ1) is 14.9. The van der Waals surface area contributed by atoms with Crippen molar-refractivity contribution in [3.05, 3.63) is 59.2 Å². The smallest absolute Gasteiger partial charge is 0.230 e. The van der Waals surface area contributed by atoms with Crippen LogP contribution in [0.25, 0.3) is 5.57 Å². The van der Waals surface area contributed by atoms with E-state index in [0.717, 1.165) is 54.7 Å². The summed E-state index contributed by atoms with van der Waals surface area (Å²) >= 11 is 0. The molecule has 0 spiro atoms. The number of allylic oxidation sites excluding steroid dienone is 1. The number of ether oxygens (including phenoxy) is 2. The Hall–Kier alpha value is -2.36. The molecule has 1 fully saturated rings. The number of amides is 1. The number of hydrogen-bond donors (Lipinski definition) is 2.